The van der Waals surface area contributed by atoms with Crippen LogP contribution in [0.4, 0.5) is 17.6 Å². The molecule has 0 spiro atoms. The fourth-order valence-electron chi connectivity index (χ4n) is 0.571. The Morgan fingerprint density at radius 2 is 2.00 bits per heavy atom. The Morgan fingerprint density at radius 3 is 2.46 bits per heavy atom. The van der Waals surface area contributed by atoms with E-state index >= 15 is 0 Å². The summed E-state index contributed by atoms with van der Waals surface area (Å²) in [5, 5.41) is -0.478. The molecule has 0 aliphatic rings. The first-order valence-corrected chi connectivity index (χ1v) is 3.33. The van der Waals surface area contributed by atoms with Gasteiger partial charge in [0, 0.05) is 6.07 Å². The molecule has 13 heavy (non-hydrogen) atoms. The highest BCUT2D eigenvalue weighted by Crippen LogP contribution is 2.24. The summed E-state index contributed by atoms with van der Waals surface area (Å²) >= 11 is 5.18. The highest BCUT2D eigenvalue weighted by Gasteiger charge is 2.31. The van der Waals surface area contributed by atoms with Crippen LogP contribution in [0.5, 0.6) is 5.88 Å². The topological polar surface area (TPSA) is 22.1 Å². The number of aromatic nitrogens is 1. The Kier molecular flexibility index (Phi) is 2.60. The van der Waals surface area contributed by atoms with Gasteiger partial charge in [-0.1, -0.05) is 11.6 Å². The van der Waals surface area contributed by atoms with Crippen LogP contribution in [-0.4, -0.2) is 11.3 Å². The lowest BCUT2D eigenvalue weighted by Crippen LogP contribution is -2.17. The van der Waals surface area contributed by atoms with Gasteiger partial charge in [0.15, 0.2) is 5.82 Å². The summed E-state index contributed by atoms with van der Waals surface area (Å²) in [5.41, 5.74) is 0. The first-order chi connectivity index (χ1) is 5.88. The van der Waals surface area contributed by atoms with Crippen LogP contribution in [0.2, 0.25) is 5.02 Å². The highest BCUT2D eigenvalue weighted by atomic mass is 35.5. The number of hydrogen-bond donors (Lipinski definition) is 0. The van der Waals surface area contributed by atoms with E-state index in [4.69, 9.17) is 11.6 Å². The molecule has 0 aromatic carbocycles. The maximum atomic E-state index is 12.4. The van der Waals surface area contributed by atoms with Gasteiger partial charge in [-0.15, -0.1) is 13.2 Å². The minimum Gasteiger partial charge on any atom is -0.388 e. The summed E-state index contributed by atoms with van der Waals surface area (Å²) in [4.78, 5) is 3.02. The molecular formula is C6H2ClF4NO. The molecule has 0 aliphatic carbocycles. The van der Waals surface area contributed by atoms with Gasteiger partial charge in [-0.2, -0.15) is 0 Å². The number of alkyl halides is 3. The van der Waals surface area contributed by atoms with E-state index in [2.05, 4.69) is 9.72 Å². The minimum absolute atomic E-state index is 0.478. The molecule has 0 amide bonds. The fourth-order valence-corrected chi connectivity index (χ4v) is 0.713. The minimum atomic E-state index is -4.85. The van der Waals surface area contributed by atoms with Crippen molar-refractivity contribution >= 4 is 11.6 Å². The lowest BCUT2D eigenvalue weighted by atomic mass is 10.5. The van der Waals surface area contributed by atoms with E-state index in [1.54, 1.807) is 0 Å². The molecule has 0 fully saturated rings. The first-order valence-electron chi connectivity index (χ1n) is 2.95. The zero-order chi connectivity index (χ0) is 10.1. The Morgan fingerprint density at radius 1 is 1.38 bits per heavy atom. The van der Waals surface area contributed by atoms with Crippen LogP contribution in [0.15, 0.2) is 12.3 Å². The molecule has 0 saturated carbocycles. The van der Waals surface area contributed by atoms with Crippen molar-refractivity contribution in [2.75, 3.05) is 0 Å². The molecule has 0 bridgehead atoms. The summed E-state index contributed by atoms with van der Waals surface area (Å²) < 4.78 is 50.5. The molecule has 2 nitrogen and oxygen atoms in total. The van der Waals surface area contributed by atoms with Gasteiger partial charge in [-0.3, -0.25) is 0 Å². The van der Waals surface area contributed by atoms with Crippen molar-refractivity contribution in [3.8, 4) is 5.88 Å². The Labute approximate surface area is 75.1 Å². The number of ether oxygens (including phenoxy) is 1. The maximum Gasteiger partial charge on any atom is 0.574 e. The van der Waals surface area contributed by atoms with Crippen molar-refractivity contribution in [2.24, 2.45) is 0 Å². The van der Waals surface area contributed by atoms with Crippen LogP contribution in [0.3, 0.4) is 0 Å². The monoisotopic (exact) mass is 215 g/mol. The van der Waals surface area contributed by atoms with Gasteiger partial charge < -0.3 is 4.74 Å². The van der Waals surface area contributed by atoms with Gasteiger partial charge in [0.25, 0.3) is 0 Å². The zero-order valence-corrected chi connectivity index (χ0v) is 6.66. The number of pyridine rings is 1. The van der Waals surface area contributed by atoms with Gasteiger partial charge in [-0.25, -0.2) is 9.37 Å². The summed E-state index contributed by atoms with van der Waals surface area (Å²) in [7, 11) is 0. The number of halogens is 5. The lowest BCUT2D eigenvalue weighted by Gasteiger charge is -2.07. The Hall–Kier alpha value is -1.04. The second kappa shape index (κ2) is 3.37. The average molecular weight is 216 g/mol. The van der Waals surface area contributed by atoms with Gasteiger partial charge in [0.2, 0.25) is 5.88 Å². The van der Waals surface area contributed by atoms with Crippen LogP contribution in [-0.2, 0) is 0 Å². The van der Waals surface area contributed by atoms with Crippen LogP contribution in [0.1, 0.15) is 0 Å². The van der Waals surface area contributed by atoms with Crippen molar-refractivity contribution < 1.29 is 22.3 Å². The molecule has 1 aromatic heterocycles. The third kappa shape index (κ3) is 3.06. The summed E-state index contributed by atoms with van der Waals surface area (Å²) in [6, 6.07) is 0.643. The summed E-state index contributed by atoms with van der Waals surface area (Å²) in [6.07, 6.45) is -4.31. The first kappa shape index (κ1) is 10.0. The predicted molar refractivity (Wildman–Crippen MR) is 35.9 cm³/mol. The smallest absolute Gasteiger partial charge is 0.388 e. The van der Waals surface area contributed by atoms with Crippen molar-refractivity contribution in [1.29, 1.82) is 0 Å². The van der Waals surface area contributed by atoms with Crippen molar-refractivity contribution in [2.45, 2.75) is 6.36 Å². The number of rotatable bonds is 1. The fraction of sp³-hybridized carbons (Fsp3) is 0.167. The molecule has 0 aliphatic heterocycles. The molecule has 72 valence electrons. The van der Waals surface area contributed by atoms with Crippen LogP contribution < -0.4 is 4.74 Å². The predicted octanol–water partition coefficient (Wildman–Crippen LogP) is 2.77. The molecular weight excluding hydrogens is 214 g/mol. The number of nitrogens with zero attached hydrogens (tertiary/aromatic N) is 1. The Balaban J connectivity index is 2.86. The van der Waals surface area contributed by atoms with E-state index in [0.717, 1.165) is 0 Å². The van der Waals surface area contributed by atoms with Crippen LogP contribution in [0.25, 0.3) is 0 Å². The second-order valence-electron chi connectivity index (χ2n) is 1.98. The van der Waals surface area contributed by atoms with E-state index < -0.39 is 23.1 Å². The normalized spacial score (nSPS) is 11.5. The molecule has 0 atom stereocenters. The summed E-state index contributed by atoms with van der Waals surface area (Å²) in [5.74, 6) is -1.70. The van der Waals surface area contributed by atoms with Gasteiger partial charge in [0.1, 0.15) is 0 Å². The standard InChI is InChI=1S/C6H2ClF4NO/c7-3-1-5(12-2-4(3)8)13-6(9,10)11/h1-2H. The molecule has 1 aromatic rings. The van der Waals surface area contributed by atoms with E-state index in [-0.39, 0.29) is 0 Å². The van der Waals surface area contributed by atoms with Crippen molar-refractivity contribution in [3.63, 3.8) is 0 Å². The zero-order valence-electron chi connectivity index (χ0n) is 5.90. The summed E-state index contributed by atoms with van der Waals surface area (Å²) in [6.45, 7) is 0. The van der Waals surface area contributed by atoms with Crippen molar-refractivity contribution in [3.05, 3.63) is 23.1 Å². The number of hydrogen-bond acceptors (Lipinski definition) is 2. The SMILES string of the molecule is Fc1cnc(OC(F)(F)F)cc1Cl. The Bertz CT molecular complexity index is 314. The molecule has 0 N–H and O–H groups in total. The van der Waals surface area contributed by atoms with Crippen molar-refractivity contribution in [1.82, 2.24) is 4.98 Å². The second-order valence-corrected chi connectivity index (χ2v) is 2.39. The van der Waals surface area contributed by atoms with Crippen LogP contribution >= 0.6 is 11.6 Å². The highest BCUT2D eigenvalue weighted by molar-refractivity contribution is 6.30. The van der Waals surface area contributed by atoms with E-state index in [0.29, 0.717) is 12.3 Å². The molecule has 1 rings (SSSR count). The molecule has 0 unspecified atom stereocenters. The van der Waals surface area contributed by atoms with Gasteiger partial charge >= 0.3 is 6.36 Å². The van der Waals surface area contributed by atoms with Crippen LogP contribution in [0, 0.1) is 5.82 Å². The van der Waals surface area contributed by atoms with E-state index in [1.807, 2.05) is 0 Å². The van der Waals surface area contributed by atoms with E-state index in [1.165, 1.54) is 0 Å². The van der Waals surface area contributed by atoms with Gasteiger partial charge in [0.05, 0.1) is 11.2 Å². The molecule has 0 radical (unpaired) electrons. The molecule has 1 heterocycles. The van der Waals surface area contributed by atoms with Gasteiger partial charge in [-0.05, 0) is 0 Å². The maximum absolute atomic E-state index is 12.4. The largest absolute Gasteiger partial charge is 0.574 e. The third-order valence-corrected chi connectivity index (χ3v) is 1.29. The quantitative estimate of drug-likeness (QED) is 0.672. The third-order valence-electron chi connectivity index (χ3n) is 1.00. The average Bonchev–Trinajstić information content (AvgIpc) is 1.94. The van der Waals surface area contributed by atoms with E-state index in [9.17, 15) is 17.6 Å². The molecule has 0 saturated heterocycles. The lowest BCUT2D eigenvalue weighted by molar-refractivity contribution is -0.276. The molecule has 7 heteroatoms.